The molecule has 0 amide bonds. The molecule has 1 saturated heterocycles. The number of hydrogen-bond donors (Lipinski definition) is 0. The quantitative estimate of drug-likeness (QED) is 0.383. The summed E-state index contributed by atoms with van der Waals surface area (Å²) >= 11 is 5.13. The van der Waals surface area contributed by atoms with Crippen molar-refractivity contribution in [2.75, 3.05) is 13.2 Å². The number of rotatable bonds is 2. The van der Waals surface area contributed by atoms with Gasteiger partial charge in [-0.15, -0.1) is 0 Å². The maximum atomic E-state index is 5.72. The van der Waals surface area contributed by atoms with Crippen LogP contribution in [0.15, 0.2) is 17.6 Å². The Morgan fingerprint density at radius 2 is 1.12 bits per heavy atom. The zero-order valence-corrected chi connectivity index (χ0v) is 17.9. The van der Waals surface area contributed by atoms with Crippen LogP contribution in [0.5, 0.6) is 0 Å². The Morgan fingerprint density at radius 1 is 0.824 bits per heavy atom. The van der Waals surface area contributed by atoms with Crippen LogP contribution in [0.3, 0.4) is 0 Å². The highest BCUT2D eigenvalue weighted by Crippen LogP contribution is 2.37. The molecule has 1 aliphatic heterocycles. The SMILES string of the molecule is C[Si](C)(C)/C(I)=C1/COC/C1=C(/I)[Si](C)(C)C. The van der Waals surface area contributed by atoms with Crippen molar-refractivity contribution in [3.8, 4) is 0 Å². The van der Waals surface area contributed by atoms with E-state index < -0.39 is 16.1 Å². The van der Waals surface area contributed by atoms with Crippen molar-refractivity contribution >= 4 is 61.3 Å². The fourth-order valence-corrected chi connectivity index (χ4v) is 4.95. The second kappa shape index (κ2) is 5.76. The lowest BCUT2D eigenvalue weighted by atomic mass is 10.2. The van der Waals surface area contributed by atoms with Gasteiger partial charge in [-0.3, -0.25) is 0 Å². The smallest absolute Gasteiger partial charge is 0.0859 e. The second-order valence-electron chi connectivity index (χ2n) is 6.58. The molecule has 1 nitrogen and oxygen atoms in total. The van der Waals surface area contributed by atoms with E-state index in [1.165, 1.54) is 11.1 Å². The molecule has 0 saturated carbocycles. The Hall–Kier alpha value is 1.33. The summed E-state index contributed by atoms with van der Waals surface area (Å²) in [5, 5.41) is 0. The Kier molecular flexibility index (Phi) is 5.55. The normalized spacial score (nSPS) is 24.0. The van der Waals surface area contributed by atoms with E-state index in [1.54, 1.807) is 6.41 Å². The fourth-order valence-electron chi connectivity index (χ4n) is 1.73. The first kappa shape index (κ1) is 16.4. The van der Waals surface area contributed by atoms with Crippen LogP contribution >= 0.6 is 45.2 Å². The van der Waals surface area contributed by atoms with Crippen LogP contribution in [0, 0.1) is 0 Å². The number of ether oxygens (including phenoxy) is 1. The highest BCUT2D eigenvalue weighted by Gasteiger charge is 2.30. The third kappa shape index (κ3) is 4.15. The van der Waals surface area contributed by atoms with Crippen LogP contribution in [0.4, 0.5) is 0 Å². The molecule has 1 fully saturated rings. The molecule has 0 aromatic rings. The molecule has 0 spiro atoms. The van der Waals surface area contributed by atoms with Gasteiger partial charge in [-0.05, 0) is 17.6 Å². The zero-order chi connectivity index (χ0) is 13.4. The van der Waals surface area contributed by atoms with E-state index in [-0.39, 0.29) is 0 Å². The van der Waals surface area contributed by atoms with Gasteiger partial charge < -0.3 is 4.74 Å². The molecule has 98 valence electrons. The summed E-state index contributed by atoms with van der Waals surface area (Å²) in [6, 6.07) is 0. The Morgan fingerprint density at radius 3 is 1.35 bits per heavy atom. The van der Waals surface area contributed by atoms with Crippen LogP contribution in [-0.2, 0) is 4.74 Å². The van der Waals surface area contributed by atoms with E-state index in [9.17, 15) is 0 Å². The molecule has 0 aromatic heterocycles. The van der Waals surface area contributed by atoms with Gasteiger partial charge in [0.05, 0.1) is 29.4 Å². The average Bonchev–Trinajstić information content (AvgIpc) is 2.60. The van der Waals surface area contributed by atoms with Crippen molar-refractivity contribution in [2.45, 2.75) is 39.3 Å². The molecule has 1 aliphatic rings. The molecule has 0 radical (unpaired) electrons. The molecule has 0 bridgehead atoms. The van der Waals surface area contributed by atoms with Crippen molar-refractivity contribution < 1.29 is 4.74 Å². The lowest BCUT2D eigenvalue weighted by Gasteiger charge is -2.22. The Labute approximate surface area is 135 Å². The summed E-state index contributed by atoms with van der Waals surface area (Å²) in [6.07, 6.45) is 0. The van der Waals surface area contributed by atoms with E-state index in [1.807, 2.05) is 0 Å². The van der Waals surface area contributed by atoms with Crippen LogP contribution in [0.1, 0.15) is 0 Å². The topological polar surface area (TPSA) is 9.23 Å². The number of halogens is 2. The number of hydrogen-bond acceptors (Lipinski definition) is 1. The highest BCUT2D eigenvalue weighted by molar-refractivity contribution is 14.1. The third-order valence-electron chi connectivity index (χ3n) is 2.70. The fraction of sp³-hybridized carbons (Fsp3) is 0.667. The van der Waals surface area contributed by atoms with Crippen LogP contribution in [0.2, 0.25) is 39.3 Å². The van der Waals surface area contributed by atoms with E-state index in [0.29, 0.717) is 0 Å². The van der Waals surface area contributed by atoms with Gasteiger partial charge >= 0.3 is 0 Å². The average molecular weight is 492 g/mol. The van der Waals surface area contributed by atoms with E-state index in [0.717, 1.165) is 13.2 Å². The van der Waals surface area contributed by atoms with Crippen LogP contribution in [-0.4, -0.2) is 29.4 Å². The summed E-state index contributed by atoms with van der Waals surface area (Å²) in [4.78, 5) is 0. The van der Waals surface area contributed by atoms with Gasteiger partial charge in [0.25, 0.3) is 0 Å². The van der Waals surface area contributed by atoms with Crippen molar-refractivity contribution in [3.05, 3.63) is 17.6 Å². The summed E-state index contributed by atoms with van der Waals surface area (Å²) in [5.41, 5.74) is 3.02. The lowest BCUT2D eigenvalue weighted by molar-refractivity contribution is 0.215. The minimum atomic E-state index is -1.21. The molecule has 0 N–H and O–H groups in total. The van der Waals surface area contributed by atoms with Gasteiger partial charge in [-0.2, -0.15) is 0 Å². The van der Waals surface area contributed by atoms with Gasteiger partial charge in [0.2, 0.25) is 0 Å². The summed E-state index contributed by atoms with van der Waals surface area (Å²) < 4.78 is 8.91. The predicted octanol–water partition coefficient (Wildman–Crippen LogP) is 5.15. The second-order valence-corrected chi connectivity index (χ2v) is 20.8. The monoisotopic (exact) mass is 492 g/mol. The molecule has 1 rings (SSSR count). The van der Waals surface area contributed by atoms with Gasteiger partial charge in [-0.25, -0.2) is 0 Å². The molecule has 17 heavy (non-hydrogen) atoms. The van der Waals surface area contributed by atoms with Crippen molar-refractivity contribution in [3.63, 3.8) is 0 Å². The van der Waals surface area contributed by atoms with Gasteiger partial charge in [0.15, 0.2) is 0 Å². The van der Waals surface area contributed by atoms with Crippen molar-refractivity contribution in [1.29, 1.82) is 0 Å². The molecular weight excluding hydrogens is 470 g/mol. The van der Waals surface area contributed by atoms with Gasteiger partial charge in [0, 0.05) is 0 Å². The molecule has 0 atom stereocenters. The first-order valence-corrected chi connectivity index (χ1v) is 15.1. The summed E-state index contributed by atoms with van der Waals surface area (Å²) in [7, 11) is -2.42. The minimum Gasteiger partial charge on any atom is -0.372 e. The maximum Gasteiger partial charge on any atom is 0.0859 e. The largest absolute Gasteiger partial charge is 0.372 e. The van der Waals surface area contributed by atoms with Gasteiger partial charge in [0.1, 0.15) is 0 Å². The van der Waals surface area contributed by atoms with E-state index >= 15 is 0 Å². The van der Waals surface area contributed by atoms with E-state index in [2.05, 4.69) is 84.5 Å². The van der Waals surface area contributed by atoms with Crippen LogP contribution in [0.25, 0.3) is 0 Å². The zero-order valence-electron chi connectivity index (χ0n) is 11.6. The van der Waals surface area contributed by atoms with Gasteiger partial charge in [-0.1, -0.05) is 84.5 Å². The maximum absolute atomic E-state index is 5.72. The summed E-state index contributed by atoms with van der Waals surface area (Å²) in [6.45, 7) is 16.2. The standard InChI is InChI=1S/C12H22I2OSi2/c1-16(2,3)11(13)9-7-15-8-10(9)12(14)17(4,5)6/h7-8H2,1-6H3/b11-9-,12-10+. The van der Waals surface area contributed by atoms with Crippen molar-refractivity contribution in [2.24, 2.45) is 0 Å². The van der Waals surface area contributed by atoms with Crippen LogP contribution < -0.4 is 0 Å². The molecule has 5 heteroatoms. The highest BCUT2D eigenvalue weighted by atomic mass is 127. The molecule has 1 heterocycles. The molecule has 0 aliphatic carbocycles. The third-order valence-corrected chi connectivity index (χ3v) is 17.0. The lowest BCUT2D eigenvalue weighted by Crippen LogP contribution is -2.25. The first-order valence-electron chi connectivity index (χ1n) is 5.91. The van der Waals surface area contributed by atoms with Crippen molar-refractivity contribution in [1.82, 2.24) is 0 Å². The Bertz CT molecular complexity index is 337. The molecule has 0 unspecified atom stereocenters. The minimum absolute atomic E-state index is 0.828. The summed E-state index contributed by atoms with van der Waals surface area (Å²) in [5.74, 6) is 0. The predicted molar refractivity (Wildman–Crippen MR) is 99.6 cm³/mol. The first-order chi connectivity index (χ1) is 7.55. The molecular formula is C12H22I2OSi2. The molecule has 0 aromatic carbocycles. The van der Waals surface area contributed by atoms with E-state index in [4.69, 9.17) is 4.74 Å². The Balaban J connectivity index is 3.29.